The van der Waals surface area contributed by atoms with Crippen LogP contribution < -0.4 is 9.64 Å². The molecule has 0 aliphatic rings. The highest BCUT2D eigenvalue weighted by molar-refractivity contribution is 5.51. The fourth-order valence-electron chi connectivity index (χ4n) is 1.48. The van der Waals surface area contributed by atoms with E-state index in [0.717, 1.165) is 18.7 Å². The second-order valence-electron chi connectivity index (χ2n) is 3.37. The van der Waals surface area contributed by atoms with E-state index in [2.05, 4.69) is 36.2 Å². The summed E-state index contributed by atoms with van der Waals surface area (Å²) in [5.41, 5.74) is 1.20. The molecule has 0 fully saturated rings. The third kappa shape index (κ3) is 3.31. The topological polar surface area (TPSA) is 12.5 Å². The number of allylic oxidation sites excluding steroid dienone is 1. The molecule has 2 heteroatoms. The van der Waals surface area contributed by atoms with Crippen LogP contribution >= 0.6 is 0 Å². The summed E-state index contributed by atoms with van der Waals surface area (Å²) in [4.78, 5) is 2.24. The second kappa shape index (κ2) is 6.12. The molecule has 0 N–H and O–H groups in total. The molecule has 0 spiro atoms. The molecule has 15 heavy (non-hydrogen) atoms. The first-order valence-corrected chi connectivity index (χ1v) is 5.35. The van der Waals surface area contributed by atoms with Gasteiger partial charge in [0.2, 0.25) is 0 Å². The van der Waals surface area contributed by atoms with Crippen molar-refractivity contribution in [3.8, 4) is 5.75 Å². The van der Waals surface area contributed by atoms with E-state index in [0.29, 0.717) is 0 Å². The fraction of sp³-hybridized carbons (Fsp3) is 0.385. The van der Waals surface area contributed by atoms with E-state index in [1.54, 1.807) is 7.11 Å². The van der Waals surface area contributed by atoms with Crippen molar-refractivity contribution in [3.63, 3.8) is 0 Å². The number of methoxy groups -OCH3 is 1. The van der Waals surface area contributed by atoms with E-state index in [9.17, 15) is 0 Å². The lowest BCUT2D eigenvalue weighted by molar-refractivity contribution is 0.415. The summed E-state index contributed by atoms with van der Waals surface area (Å²) < 4.78 is 5.13. The molecular weight excluding hydrogens is 186 g/mol. The molecule has 1 rings (SSSR count). The molecule has 1 aromatic carbocycles. The molecule has 0 aliphatic carbocycles. The maximum absolute atomic E-state index is 5.13. The molecular formula is C13H19NO. The third-order valence-corrected chi connectivity index (χ3v) is 2.20. The maximum atomic E-state index is 5.13. The van der Waals surface area contributed by atoms with Gasteiger partial charge in [0, 0.05) is 12.2 Å². The Morgan fingerprint density at radius 2 is 1.93 bits per heavy atom. The van der Waals surface area contributed by atoms with Gasteiger partial charge in [-0.1, -0.05) is 13.0 Å². The highest BCUT2D eigenvalue weighted by atomic mass is 16.5. The minimum Gasteiger partial charge on any atom is -0.497 e. The number of anilines is 1. The number of hydrogen-bond acceptors (Lipinski definition) is 2. The Hall–Kier alpha value is -1.44. The fourth-order valence-corrected chi connectivity index (χ4v) is 1.48. The van der Waals surface area contributed by atoms with E-state index in [4.69, 9.17) is 4.74 Å². The standard InChI is InChI=1S/C13H19NO/c1-4-10-14(11-5-2)12-6-8-13(15-3)9-7-12/h4,6-10H,5,11H2,1-3H3/b10-4-. The van der Waals surface area contributed by atoms with Gasteiger partial charge in [-0.15, -0.1) is 0 Å². The van der Waals surface area contributed by atoms with Crippen molar-refractivity contribution < 1.29 is 4.74 Å². The molecule has 82 valence electrons. The van der Waals surface area contributed by atoms with E-state index < -0.39 is 0 Å². The minimum absolute atomic E-state index is 0.899. The lowest BCUT2D eigenvalue weighted by atomic mass is 10.2. The van der Waals surface area contributed by atoms with Crippen molar-refractivity contribution in [1.29, 1.82) is 0 Å². The minimum atomic E-state index is 0.899. The quantitative estimate of drug-likeness (QED) is 0.730. The van der Waals surface area contributed by atoms with Crippen LogP contribution in [0.4, 0.5) is 5.69 Å². The van der Waals surface area contributed by atoms with E-state index in [1.807, 2.05) is 19.1 Å². The monoisotopic (exact) mass is 205 g/mol. The Morgan fingerprint density at radius 1 is 1.27 bits per heavy atom. The first-order valence-electron chi connectivity index (χ1n) is 5.35. The van der Waals surface area contributed by atoms with Gasteiger partial charge >= 0.3 is 0 Å². The molecule has 0 aromatic heterocycles. The third-order valence-electron chi connectivity index (χ3n) is 2.20. The zero-order chi connectivity index (χ0) is 11.1. The zero-order valence-corrected chi connectivity index (χ0v) is 9.73. The molecule has 0 unspecified atom stereocenters. The van der Waals surface area contributed by atoms with Crippen molar-refractivity contribution in [2.24, 2.45) is 0 Å². The van der Waals surface area contributed by atoms with Gasteiger partial charge < -0.3 is 9.64 Å². The molecule has 0 bridgehead atoms. The Morgan fingerprint density at radius 3 is 2.40 bits per heavy atom. The van der Waals surface area contributed by atoms with Gasteiger partial charge in [-0.25, -0.2) is 0 Å². The van der Waals surface area contributed by atoms with Gasteiger partial charge in [-0.05, 0) is 43.8 Å². The smallest absolute Gasteiger partial charge is 0.119 e. The summed E-state index contributed by atoms with van der Waals surface area (Å²) in [6.45, 7) is 5.25. The Kier molecular flexibility index (Phi) is 4.75. The van der Waals surface area contributed by atoms with Gasteiger partial charge in [0.25, 0.3) is 0 Å². The van der Waals surface area contributed by atoms with Crippen LogP contribution in [0.5, 0.6) is 5.75 Å². The normalized spacial score (nSPS) is 10.6. The largest absolute Gasteiger partial charge is 0.497 e. The van der Waals surface area contributed by atoms with Crippen molar-refractivity contribution in [3.05, 3.63) is 36.5 Å². The van der Waals surface area contributed by atoms with Crippen LogP contribution in [0.15, 0.2) is 36.5 Å². The Bertz CT molecular complexity index is 303. The van der Waals surface area contributed by atoms with Crippen LogP contribution in [0.1, 0.15) is 20.3 Å². The average molecular weight is 205 g/mol. The Labute approximate surface area is 92.2 Å². The lowest BCUT2D eigenvalue weighted by Gasteiger charge is -2.19. The van der Waals surface area contributed by atoms with Gasteiger partial charge in [0.15, 0.2) is 0 Å². The van der Waals surface area contributed by atoms with Crippen molar-refractivity contribution in [1.82, 2.24) is 0 Å². The lowest BCUT2D eigenvalue weighted by Crippen LogP contribution is -2.16. The average Bonchev–Trinajstić information content (AvgIpc) is 2.29. The molecule has 0 atom stereocenters. The maximum Gasteiger partial charge on any atom is 0.119 e. The van der Waals surface area contributed by atoms with E-state index in [-0.39, 0.29) is 0 Å². The summed E-state index contributed by atoms with van der Waals surface area (Å²) in [5.74, 6) is 0.899. The first-order chi connectivity index (χ1) is 7.31. The van der Waals surface area contributed by atoms with Crippen LogP contribution in [0.25, 0.3) is 0 Å². The van der Waals surface area contributed by atoms with Crippen LogP contribution in [-0.4, -0.2) is 13.7 Å². The highest BCUT2D eigenvalue weighted by Gasteiger charge is 2.01. The van der Waals surface area contributed by atoms with Gasteiger partial charge in [0.1, 0.15) is 5.75 Å². The van der Waals surface area contributed by atoms with Crippen molar-refractivity contribution in [2.75, 3.05) is 18.6 Å². The van der Waals surface area contributed by atoms with Gasteiger partial charge in [0.05, 0.1) is 7.11 Å². The highest BCUT2D eigenvalue weighted by Crippen LogP contribution is 2.19. The van der Waals surface area contributed by atoms with Crippen LogP contribution in [0.3, 0.4) is 0 Å². The van der Waals surface area contributed by atoms with Crippen LogP contribution in [0.2, 0.25) is 0 Å². The molecule has 0 amide bonds. The second-order valence-corrected chi connectivity index (χ2v) is 3.37. The summed E-state index contributed by atoms with van der Waals surface area (Å²) in [6.07, 6.45) is 5.29. The number of rotatable bonds is 5. The molecule has 2 nitrogen and oxygen atoms in total. The predicted molar refractivity (Wildman–Crippen MR) is 65.4 cm³/mol. The molecule has 0 saturated carbocycles. The number of hydrogen-bond donors (Lipinski definition) is 0. The predicted octanol–water partition coefficient (Wildman–Crippen LogP) is 3.45. The van der Waals surface area contributed by atoms with Gasteiger partial charge in [-0.2, -0.15) is 0 Å². The van der Waals surface area contributed by atoms with Crippen molar-refractivity contribution >= 4 is 5.69 Å². The molecule has 0 heterocycles. The van der Waals surface area contributed by atoms with E-state index in [1.165, 1.54) is 5.69 Å². The number of ether oxygens (including phenoxy) is 1. The van der Waals surface area contributed by atoms with Crippen molar-refractivity contribution in [2.45, 2.75) is 20.3 Å². The summed E-state index contributed by atoms with van der Waals surface area (Å²) in [5, 5.41) is 0. The summed E-state index contributed by atoms with van der Waals surface area (Å²) in [6, 6.07) is 8.13. The molecule has 0 radical (unpaired) electrons. The molecule has 1 aromatic rings. The van der Waals surface area contributed by atoms with E-state index >= 15 is 0 Å². The molecule has 0 aliphatic heterocycles. The number of nitrogens with zero attached hydrogens (tertiary/aromatic N) is 1. The molecule has 0 saturated heterocycles. The summed E-state index contributed by atoms with van der Waals surface area (Å²) in [7, 11) is 1.69. The zero-order valence-electron chi connectivity index (χ0n) is 9.73. The Balaban J connectivity index is 2.81. The SMILES string of the molecule is C/C=C\N(CCC)c1ccc(OC)cc1. The van der Waals surface area contributed by atoms with Crippen LogP contribution in [0, 0.1) is 0 Å². The van der Waals surface area contributed by atoms with Gasteiger partial charge in [-0.3, -0.25) is 0 Å². The first kappa shape index (κ1) is 11.6. The number of benzene rings is 1. The summed E-state index contributed by atoms with van der Waals surface area (Å²) >= 11 is 0. The van der Waals surface area contributed by atoms with Crippen LogP contribution in [-0.2, 0) is 0 Å².